The van der Waals surface area contributed by atoms with Crippen LogP contribution in [0.3, 0.4) is 0 Å². The molecule has 0 saturated carbocycles. The zero-order valence-corrected chi connectivity index (χ0v) is 9.85. The lowest BCUT2D eigenvalue weighted by Gasteiger charge is -2.09. The van der Waals surface area contributed by atoms with E-state index in [9.17, 15) is 0 Å². The quantitative estimate of drug-likeness (QED) is 0.831. The van der Waals surface area contributed by atoms with Crippen molar-refractivity contribution >= 4 is 29.1 Å². The third-order valence-electron chi connectivity index (χ3n) is 2.28. The summed E-state index contributed by atoms with van der Waals surface area (Å²) in [5, 5.41) is 1.42. The van der Waals surface area contributed by atoms with Crippen LogP contribution in [0.15, 0.2) is 17.3 Å². The van der Waals surface area contributed by atoms with Gasteiger partial charge in [0.1, 0.15) is 5.03 Å². The summed E-state index contributed by atoms with van der Waals surface area (Å²) in [5.74, 6) is 0.916. The van der Waals surface area contributed by atoms with E-state index in [1.165, 1.54) is 0 Å². The van der Waals surface area contributed by atoms with Crippen molar-refractivity contribution in [3.63, 3.8) is 0 Å². The molecule has 1 aliphatic rings. The lowest BCUT2D eigenvalue weighted by Crippen LogP contribution is -2.08. The summed E-state index contributed by atoms with van der Waals surface area (Å²) in [7, 11) is 0. The molecule has 2 rings (SSSR count). The maximum absolute atomic E-state index is 5.80. The van der Waals surface area contributed by atoms with Gasteiger partial charge in [0.15, 0.2) is 0 Å². The Labute approximate surface area is 98.3 Å². The molecule has 0 aromatic carbocycles. The fourth-order valence-corrected chi connectivity index (χ4v) is 2.64. The minimum absolute atomic E-state index is 0.354. The first-order valence-electron chi connectivity index (χ1n) is 4.91. The number of hydrogen-bond acceptors (Lipinski definition) is 4. The lowest BCUT2D eigenvalue weighted by atomic mass is 10.3. The van der Waals surface area contributed by atoms with Crippen LogP contribution in [-0.2, 0) is 4.74 Å². The predicted octanol–water partition coefficient (Wildman–Crippen LogP) is 2.59. The molecule has 2 N–H and O–H groups in total. The van der Waals surface area contributed by atoms with Gasteiger partial charge in [-0.05, 0) is 18.9 Å². The molecule has 1 unspecified atom stereocenters. The van der Waals surface area contributed by atoms with Crippen molar-refractivity contribution in [2.75, 3.05) is 18.1 Å². The predicted molar refractivity (Wildman–Crippen MR) is 63.4 cm³/mol. The second-order valence-corrected chi connectivity index (χ2v) is 4.94. The van der Waals surface area contributed by atoms with Crippen LogP contribution in [0.5, 0.6) is 0 Å². The summed E-state index contributed by atoms with van der Waals surface area (Å²) < 4.78 is 5.52. The number of pyridine rings is 1. The highest BCUT2D eigenvalue weighted by Gasteiger charge is 2.16. The normalized spacial score (nSPS) is 20.7. The molecule has 1 aromatic heterocycles. The van der Waals surface area contributed by atoms with Gasteiger partial charge in [-0.2, -0.15) is 0 Å². The molecule has 1 aliphatic heterocycles. The molecule has 15 heavy (non-hydrogen) atoms. The average molecular weight is 245 g/mol. The minimum Gasteiger partial charge on any atom is -0.397 e. The number of rotatable bonds is 3. The van der Waals surface area contributed by atoms with E-state index in [-0.39, 0.29) is 0 Å². The number of nitrogen functional groups attached to an aromatic ring is 1. The van der Waals surface area contributed by atoms with E-state index < -0.39 is 0 Å². The number of ether oxygens (including phenoxy) is 1. The first-order chi connectivity index (χ1) is 7.25. The van der Waals surface area contributed by atoms with Crippen LogP contribution < -0.4 is 5.73 Å². The summed E-state index contributed by atoms with van der Waals surface area (Å²) in [4.78, 5) is 4.19. The van der Waals surface area contributed by atoms with Crippen molar-refractivity contribution in [3.05, 3.63) is 17.3 Å². The molecule has 5 heteroatoms. The van der Waals surface area contributed by atoms with Gasteiger partial charge >= 0.3 is 0 Å². The smallest absolute Gasteiger partial charge is 0.119 e. The lowest BCUT2D eigenvalue weighted by molar-refractivity contribution is 0.129. The Hall–Kier alpha value is -0.450. The third kappa shape index (κ3) is 3.00. The second kappa shape index (κ2) is 5.05. The van der Waals surface area contributed by atoms with Crippen molar-refractivity contribution in [2.45, 2.75) is 24.0 Å². The van der Waals surface area contributed by atoms with Gasteiger partial charge in [-0.15, -0.1) is 11.8 Å². The third-order valence-corrected chi connectivity index (χ3v) is 3.64. The van der Waals surface area contributed by atoms with E-state index in [1.807, 2.05) is 0 Å². The average Bonchev–Trinajstić information content (AvgIpc) is 2.69. The Kier molecular flexibility index (Phi) is 3.72. The Balaban J connectivity index is 1.92. The van der Waals surface area contributed by atoms with E-state index in [0.717, 1.165) is 30.2 Å². The van der Waals surface area contributed by atoms with Crippen molar-refractivity contribution in [3.8, 4) is 0 Å². The van der Waals surface area contributed by atoms with Crippen LogP contribution in [0.2, 0.25) is 5.02 Å². The Morgan fingerprint density at radius 2 is 2.53 bits per heavy atom. The summed E-state index contributed by atoms with van der Waals surface area (Å²) in [6, 6.07) is 1.73. The van der Waals surface area contributed by atoms with Crippen LogP contribution in [0.25, 0.3) is 0 Å². The highest BCUT2D eigenvalue weighted by atomic mass is 35.5. The number of anilines is 1. The van der Waals surface area contributed by atoms with E-state index in [0.29, 0.717) is 16.8 Å². The Bertz CT molecular complexity index is 342. The molecule has 0 aliphatic carbocycles. The van der Waals surface area contributed by atoms with E-state index >= 15 is 0 Å². The number of aromatic nitrogens is 1. The zero-order valence-electron chi connectivity index (χ0n) is 8.28. The number of nitrogens with two attached hydrogens (primary N) is 1. The number of hydrogen-bond donors (Lipinski definition) is 1. The molecule has 1 aromatic rings. The highest BCUT2D eigenvalue weighted by Crippen LogP contribution is 2.27. The fraction of sp³-hybridized carbons (Fsp3) is 0.500. The van der Waals surface area contributed by atoms with Gasteiger partial charge < -0.3 is 10.5 Å². The molecule has 0 bridgehead atoms. The minimum atomic E-state index is 0.354. The SMILES string of the molecule is Nc1cc(Cl)cnc1SCC1CCCO1. The van der Waals surface area contributed by atoms with Gasteiger partial charge in [-0.1, -0.05) is 11.6 Å². The van der Waals surface area contributed by atoms with Gasteiger partial charge in [0.25, 0.3) is 0 Å². The Morgan fingerprint density at radius 1 is 1.67 bits per heavy atom. The molecule has 0 spiro atoms. The molecule has 2 heterocycles. The molecule has 82 valence electrons. The van der Waals surface area contributed by atoms with Crippen LogP contribution in [0, 0.1) is 0 Å². The maximum atomic E-state index is 5.80. The van der Waals surface area contributed by atoms with E-state index in [2.05, 4.69) is 4.98 Å². The van der Waals surface area contributed by atoms with Crippen molar-refractivity contribution in [1.82, 2.24) is 4.98 Å². The molecule has 0 radical (unpaired) electrons. The second-order valence-electron chi connectivity index (χ2n) is 3.49. The fourth-order valence-electron chi connectivity index (χ4n) is 1.51. The first-order valence-corrected chi connectivity index (χ1v) is 6.27. The summed E-state index contributed by atoms with van der Waals surface area (Å²) in [5.41, 5.74) is 6.44. The van der Waals surface area contributed by atoms with Crippen molar-refractivity contribution in [2.24, 2.45) is 0 Å². The van der Waals surface area contributed by atoms with Crippen LogP contribution in [0.1, 0.15) is 12.8 Å². The van der Waals surface area contributed by atoms with E-state index in [1.54, 1.807) is 24.0 Å². The van der Waals surface area contributed by atoms with Crippen LogP contribution >= 0.6 is 23.4 Å². The monoisotopic (exact) mass is 244 g/mol. The van der Waals surface area contributed by atoms with Crippen molar-refractivity contribution in [1.29, 1.82) is 0 Å². The van der Waals surface area contributed by atoms with Gasteiger partial charge in [0, 0.05) is 18.6 Å². The van der Waals surface area contributed by atoms with Crippen molar-refractivity contribution < 1.29 is 4.74 Å². The molecule has 1 fully saturated rings. The number of thioether (sulfide) groups is 1. The van der Waals surface area contributed by atoms with Gasteiger partial charge in [-0.3, -0.25) is 0 Å². The van der Waals surface area contributed by atoms with Gasteiger partial charge in [-0.25, -0.2) is 4.98 Å². The standard InChI is InChI=1S/C10H13ClN2OS/c11-7-4-9(12)10(13-5-7)15-6-8-2-1-3-14-8/h4-5,8H,1-3,6,12H2. The Morgan fingerprint density at radius 3 is 3.20 bits per heavy atom. The maximum Gasteiger partial charge on any atom is 0.119 e. The number of halogens is 1. The van der Waals surface area contributed by atoms with Crippen LogP contribution in [0.4, 0.5) is 5.69 Å². The molecule has 1 saturated heterocycles. The van der Waals surface area contributed by atoms with Gasteiger partial charge in [0.2, 0.25) is 0 Å². The van der Waals surface area contributed by atoms with Crippen LogP contribution in [-0.4, -0.2) is 23.4 Å². The van der Waals surface area contributed by atoms with E-state index in [4.69, 9.17) is 22.1 Å². The largest absolute Gasteiger partial charge is 0.397 e. The topological polar surface area (TPSA) is 48.1 Å². The molecule has 1 atom stereocenters. The summed E-state index contributed by atoms with van der Waals surface area (Å²) >= 11 is 7.40. The molecule has 3 nitrogen and oxygen atoms in total. The highest BCUT2D eigenvalue weighted by molar-refractivity contribution is 7.99. The molecule has 0 amide bonds. The summed E-state index contributed by atoms with van der Waals surface area (Å²) in [6.45, 7) is 0.884. The zero-order chi connectivity index (χ0) is 10.7. The molecular formula is C10H13ClN2OS. The summed E-state index contributed by atoms with van der Waals surface area (Å²) in [6.07, 6.45) is 4.28. The number of nitrogens with zero attached hydrogens (tertiary/aromatic N) is 1. The first kappa shape index (κ1) is 11.0. The van der Waals surface area contributed by atoms with Gasteiger partial charge in [0.05, 0.1) is 16.8 Å². The molecular weight excluding hydrogens is 232 g/mol.